The Hall–Kier alpha value is -4.85. The lowest BCUT2D eigenvalue weighted by Crippen LogP contribution is -2.34. The van der Waals surface area contributed by atoms with E-state index in [0.29, 0.717) is 16.7 Å². The first kappa shape index (κ1) is 31.1. The summed E-state index contributed by atoms with van der Waals surface area (Å²) >= 11 is 0. The van der Waals surface area contributed by atoms with Crippen molar-refractivity contribution < 1.29 is 40.0 Å². The molecule has 2 aromatic heterocycles. The lowest BCUT2D eigenvalue weighted by atomic mass is 9.71. The predicted octanol–water partition coefficient (Wildman–Crippen LogP) is 6.59. The average molecular weight is 658 g/mol. The topological polar surface area (TPSA) is 104 Å². The molecule has 3 aromatic carbocycles. The molecule has 0 N–H and O–H groups in total. The third-order valence-corrected chi connectivity index (χ3v) is 9.94. The van der Waals surface area contributed by atoms with Crippen LogP contribution in [-0.2, 0) is 16.6 Å². The first-order chi connectivity index (χ1) is 21.9. The second kappa shape index (κ2) is 11.8. The van der Waals surface area contributed by atoms with E-state index in [1.54, 1.807) is 24.3 Å². The summed E-state index contributed by atoms with van der Waals surface area (Å²) in [5.41, 5.74) is 0.437. The Labute approximate surface area is 260 Å². The Morgan fingerprint density at radius 2 is 1.72 bits per heavy atom. The molecule has 9 nitrogen and oxygen atoms in total. The molecule has 14 heteroatoms. The largest absolute Gasteiger partial charge is 0.497 e. The quantitative estimate of drug-likeness (QED) is 0.165. The maximum atomic E-state index is 15.4. The molecule has 5 aromatic rings. The second-order valence-corrected chi connectivity index (χ2v) is 12.8. The van der Waals surface area contributed by atoms with Gasteiger partial charge in [0.25, 0.3) is 15.6 Å². The highest BCUT2D eigenvalue weighted by Crippen LogP contribution is 2.50. The smallest absolute Gasteiger partial charge is 0.391 e. The SMILES string of the molecule is COc1ccc(CN(c2ccon2)S(=O)(=O)c2ccc3c(ccc(=O)n3-c3cc(F)c(C4CC(C(F)(F)F)C4)cc3OC)c2)cc1. The van der Waals surface area contributed by atoms with Gasteiger partial charge in [0.1, 0.15) is 23.6 Å². The molecule has 0 bridgehead atoms. The standard InChI is InChI=1S/C32H27F4N3O6S/c1-43-23-6-3-19(4-7-23)18-38(30-11-12-45-37-30)46(41,42)24-8-9-27-20(15-24)5-10-31(40)39(27)28-17-26(33)25(16-29(28)44-2)21-13-22(14-21)32(34,35)36/h3-12,15-17,21-22H,13-14,18H2,1-2H3. The summed E-state index contributed by atoms with van der Waals surface area (Å²) in [7, 11) is -1.41. The lowest BCUT2D eigenvalue weighted by Gasteiger charge is -2.37. The highest BCUT2D eigenvalue weighted by molar-refractivity contribution is 7.92. The monoisotopic (exact) mass is 657 g/mol. The van der Waals surface area contributed by atoms with Gasteiger partial charge in [-0.25, -0.2) is 17.1 Å². The van der Waals surface area contributed by atoms with Crippen LogP contribution in [-0.4, -0.2) is 38.5 Å². The number of rotatable bonds is 9. The Morgan fingerprint density at radius 1 is 0.978 bits per heavy atom. The van der Waals surface area contributed by atoms with Crippen LogP contribution >= 0.6 is 0 Å². The molecule has 1 aliphatic carbocycles. The fraction of sp³-hybridized carbons (Fsp3) is 0.250. The van der Waals surface area contributed by atoms with Gasteiger partial charge < -0.3 is 14.0 Å². The van der Waals surface area contributed by atoms with Crippen LogP contribution < -0.4 is 19.3 Å². The van der Waals surface area contributed by atoms with Crippen LogP contribution in [0.5, 0.6) is 11.5 Å². The molecule has 0 atom stereocenters. The number of pyridine rings is 1. The van der Waals surface area contributed by atoms with E-state index in [1.165, 1.54) is 67.5 Å². The van der Waals surface area contributed by atoms with Crippen molar-refractivity contribution >= 4 is 26.7 Å². The van der Waals surface area contributed by atoms with Gasteiger partial charge in [-0.15, -0.1) is 0 Å². The molecule has 240 valence electrons. The van der Waals surface area contributed by atoms with Crippen LogP contribution in [0, 0.1) is 11.7 Å². The van der Waals surface area contributed by atoms with Gasteiger partial charge in [0.05, 0.1) is 42.8 Å². The van der Waals surface area contributed by atoms with Gasteiger partial charge in [0, 0.05) is 23.6 Å². The van der Waals surface area contributed by atoms with Crippen molar-refractivity contribution in [1.29, 1.82) is 0 Å². The van der Waals surface area contributed by atoms with Crippen molar-refractivity contribution in [3.8, 4) is 17.2 Å². The van der Waals surface area contributed by atoms with Crippen LogP contribution in [0.25, 0.3) is 16.6 Å². The van der Waals surface area contributed by atoms with Gasteiger partial charge in [-0.1, -0.05) is 17.3 Å². The number of benzene rings is 3. The molecule has 2 heterocycles. The van der Waals surface area contributed by atoms with E-state index in [-0.39, 0.29) is 52.6 Å². The molecule has 1 saturated carbocycles. The summed E-state index contributed by atoms with van der Waals surface area (Å²) in [6.45, 7) is -0.0794. The van der Waals surface area contributed by atoms with Crippen molar-refractivity contribution in [2.45, 2.75) is 36.4 Å². The van der Waals surface area contributed by atoms with Gasteiger partial charge >= 0.3 is 6.18 Å². The van der Waals surface area contributed by atoms with Gasteiger partial charge in [-0.2, -0.15) is 13.2 Å². The minimum atomic E-state index is -4.35. The van der Waals surface area contributed by atoms with Crippen LogP contribution in [0.3, 0.4) is 0 Å². The summed E-state index contributed by atoms with van der Waals surface area (Å²) in [5.74, 6) is -2.18. The molecule has 0 spiro atoms. The second-order valence-electron chi connectivity index (χ2n) is 10.9. The number of anilines is 1. The Morgan fingerprint density at radius 3 is 2.35 bits per heavy atom. The molecule has 6 rings (SSSR count). The molecule has 1 aliphatic rings. The van der Waals surface area contributed by atoms with Gasteiger partial charge in [0.15, 0.2) is 5.82 Å². The molecule has 0 radical (unpaired) electrons. The maximum absolute atomic E-state index is 15.4. The summed E-state index contributed by atoms with van der Waals surface area (Å²) < 4.78 is 100. The van der Waals surface area contributed by atoms with E-state index in [4.69, 9.17) is 14.0 Å². The maximum Gasteiger partial charge on any atom is 0.391 e. The average Bonchev–Trinajstić information content (AvgIpc) is 3.53. The molecule has 0 unspecified atom stereocenters. The fourth-order valence-electron chi connectivity index (χ4n) is 5.63. The first-order valence-electron chi connectivity index (χ1n) is 14.1. The Bertz CT molecular complexity index is 2060. The normalized spacial score (nSPS) is 16.7. The van der Waals surface area contributed by atoms with Crippen molar-refractivity contribution in [2.75, 3.05) is 18.5 Å². The zero-order valence-corrected chi connectivity index (χ0v) is 25.3. The third-order valence-electron chi connectivity index (χ3n) is 8.20. The molecular weight excluding hydrogens is 630 g/mol. The molecule has 1 fully saturated rings. The van der Waals surface area contributed by atoms with Gasteiger partial charge in [-0.05, 0) is 72.4 Å². The van der Waals surface area contributed by atoms with Crippen molar-refractivity contribution in [3.05, 3.63) is 106 Å². The van der Waals surface area contributed by atoms with Crippen LogP contribution in [0.4, 0.5) is 23.4 Å². The number of aromatic nitrogens is 2. The van der Waals surface area contributed by atoms with Crippen molar-refractivity contribution in [2.24, 2.45) is 5.92 Å². The van der Waals surface area contributed by atoms with E-state index in [0.717, 1.165) is 10.4 Å². The van der Waals surface area contributed by atoms with Crippen LogP contribution in [0.15, 0.2) is 93.3 Å². The number of sulfonamides is 1. The zero-order chi connectivity index (χ0) is 32.8. The number of ether oxygens (including phenoxy) is 2. The number of nitrogens with zero attached hydrogens (tertiary/aromatic N) is 3. The summed E-state index contributed by atoms with van der Waals surface area (Å²) in [4.78, 5) is 13.0. The predicted molar refractivity (Wildman–Crippen MR) is 160 cm³/mol. The minimum absolute atomic E-state index is 0.0189. The van der Waals surface area contributed by atoms with Crippen molar-refractivity contribution in [1.82, 2.24) is 9.72 Å². The number of methoxy groups -OCH3 is 2. The molecule has 0 amide bonds. The number of fused-ring (bicyclic) bond motifs is 1. The molecule has 0 saturated heterocycles. The zero-order valence-electron chi connectivity index (χ0n) is 24.5. The van der Waals surface area contributed by atoms with Gasteiger partial charge in [0.2, 0.25) is 0 Å². The Balaban J connectivity index is 1.38. The minimum Gasteiger partial charge on any atom is -0.497 e. The van der Waals surface area contributed by atoms with Crippen molar-refractivity contribution in [3.63, 3.8) is 0 Å². The highest BCUT2D eigenvalue weighted by atomic mass is 32.2. The fourth-order valence-corrected chi connectivity index (χ4v) is 7.06. The summed E-state index contributed by atoms with van der Waals surface area (Å²) in [5, 5.41) is 4.17. The Kier molecular flexibility index (Phi) is 8.00. The first-order valence-corrected chi connectivity index (χ1v) is 15.5. The summed E-state index contributed by atoms with van der Waals surface area (Å²) in [6.07, 6.45) is -3.57. The summed E-state index contributed by atoms with van der Waals surface area (Å²) in [6, 6.07) is 17.4. The van der Waals surface area contributed by atoms with E-state index in [9.17, 15) is 26.4 Å². The molecular formula is C32H27F4N3O6S. The number of hydrogen-bond acceptors (Lipinski definition) is 7. The molecule has 46 heavy (non-hydrogen) atoms. The number of alkyl halides is 3. The highest BCUT2D eigenvalue weighted by Gasteiger charge is 2.48. The lowest BCUT2D eigenvalue weighted by molar-refractivity contribution is -0.197. The molecule has 0 aliphatic heterocycles. The van der Waals surface area contributed by atoms with E-state index in [1.807, 2.05) is 0 Å². The van der Waals surface area contributed by atoms with Gasteiger partial charge in [-0.3, -0.25) is 9.36 Å². The van der Waals surface area contributed by atoms with E-state index < -0.39 is 39.4 Å². The van der Waals surface area contributed by atoms with E-state index >= 15 is 4.39 Å². The number of hydrogen-bond donors (Lipinski definition) is 0. The van der Waals surface area contributed by atoms with E-state index in [2.05, 4.69) is 5.16 Å². The van der Waals surface area contributed by atoms with Crippen LogP contribution in [0.1, 0.15) is 29.9 Å². The van der Waals surface area contributed by atoms with Crippen LogP contribution in [0.2, 0.25) is 0 Å². The third kappa shape index (κ3) is 5.68. The number of halogens is 4.